The number of nitrogens with zero attached hydrogens (tertiary/aromatic N) is 3. The predicted octanol–water partition coefficient (Wildman–Crippen LogP) is 3.13. The zero-order chi connectivity index (χ0) is 14.8. The Labute approximate surface area is 127 Å². The van der Waals surface area contributed by atoms with Crippen molar-refractivity contribution in [2.24, 2.45) is 5.92 Å². The molecule has 0 saturated carbocycles. The Balaban J connectivity index is 1.83. The monoisotopic (exact) mass is 302 g/mol. The lowest BCUT2D eigenvalue weighted by molar-refractivity contribution is 0.335. The summed E-state index contributed by atoms with van der Waals surface area (Å²) in [5.74, 6) is 1.77. The van der Waals surface area contributed by atoms with Crippen molar-refractivity contribution in [2.45, 2.75) is 26.3 Å². The van der Waals surface area contributed by atoms with E-state index in [4.69, 9.17) is 4.52 Å². The largest absolute Gasteiger partial charge is 0.339 e. The van der Waals surface area contributed by atoms with Crippen LogP contribution in [-0.2, 0) is 6.42 Å². The number of rotatable bonds is 5. The van der Waals surface area contributed by atoms with E-state index in [9.17, 15) is 0 Å². The maximum atomic E-state index is 5.37. The van der Waals surface area contributed by atoms with Gasteiger partial charge in [-0.05, 0) is 30.5 Å². The van der Waals surface area contributed by atoms with Crippen LogP contribution in [0.15, 0.2) is 28.2 Å². The summed E-state index contributed by atoms with van der Waals surface area (Å²) in [6.07, 6.45) is 2.53. The molecule has 0 aliphatic carbocycles. The van der Waals surface area contributed by atoms with Crippen molar-refractivity contribution in [2.75, 3.05) is 7.05 Å². The number of pyridine rings is 1. The highest BCUT2D eigenvalue weighted by molar-refractivity contribution is 7.17. The molecule has 6 heteroatoms. The van der Waals surface area contributed by atoms with E-state index in [2.05, 4.69) is 40.4 Å². The van der Waals surface area contributed by atoms with E-state index in [1.165, 1.54) is 0 Å². The van der Waals surface area contributed by atoms with Gasteiger partial charge in [-0.15, -0.1) is 11.3 Å². The lowest BCUT2D eigenvalue weighted by Gasteiger charge is -2.17. The third kappa shape index (κ3) is 2.96. The highest BCUT2D eigenvalue weighted by Gasteiger charge is 2.17. The summed E-state index contributed by atoms with van der Waals surface area (Å²) in [5, 5.41) is 9.39. The summed E-state index contributed by atoms with van der Waals surface area (Å²) in [5.41, 5.74) is 1.90. The van der Waals surface area contributed by atoms with Crippen LogP contribution in [0.3, 0.4) is 0 Å². The fourth-order valence-electron chi connectivity index (χ4n) is 2.28. The average molecular weight is 302 g/mol. The van der Waals surface area contributed by atoms with Crippen LogP contribution in [0.2, 0.25) is 0 Å². The molecule has 0 aliphatic rings. The second-order valence-corrected chi connectivity index (χ2v) is 6.33. The van der Waals surface area contributed by atoms with Crippen molar-refractivity contribution >= 4 is 21.6 Å². The lowest BCUT2D eigenvalue weighted by Crippen LogP contribution is -2.32. The number of nitrogens with one attached hydrogen (secondary N) is 1. The minimum absolute atomic E-state index is 0.330. The Bertz CT molecular complexity index is 734. The third-order valence-electron chi connectivity index (χ3n) is 3.60. The SMILES string of the molecule is CNC(Cc1nc(-c2cnc3ccsc3c2)no1)C(C)C. The summed E-state index contributed by atoms with van der Waals surface area (Å²) < 4.78 is 6.50. The van der Waals surface area contributed by atoms with Crippen molar-refractivity contribution < 1.29 is 4.52 Å². The van der Waals surface area contributed by atoms with Gasteiger partial charge in [-0.1, -0.05) is 19.0 Å². The van der Waals surface area contributed by atoms with Crippen LogP contribution in [0.25, 0.3) is 21.6 Å². The van der Waals surface area contributed by atoms with Gasteiger partial charge in [0.15, 0.2) is 0 Å². The molecule has 0 saturated heterocycles. The van der Waals surface area contributed by atoms with Crippen LogP contribution >= 0.6 is 11.3 Å². The van der Waals surface area contributed by atoms with E-state index >= 15 is 0 Å². The van der Waals surface area contributed by atoms with Gasteiger partial charge in [0, 0.05) is 24.2 Å². The van der Waals surface area contributed by atoms with Gasteiger partial charge in [0.05, 0.1) is 10.2 Å². The molecule has 0 aromatic carbocycles. The highest BCUT2D eigenvalue weighted by atomic mass is 32.1. The zero-order valence-electron chi connectivity index (χ0n) is 12.3. The third-order valence-corrected chi connectivity index (χ3v) is 4.45. The van der Waals surface area contributed by atoms with Crippen molar-refractivity contribution in [1.82, 2.24) is 20.4 Å². The first kappa shape index (κ1) is 14.2. The molecule has 3 aromatic heterocycles. The van der Waals surface area contributed by atoms with Gasteiger partial charge in [-0.3, -0.25) is 4.98 Å². The van der Waals surface area contributed by atoms with E-state index in [-0.39, 0.29) is 0 Å². The second kappa shape index (κ2) is 5.91. The molecule has 0 fully saturated rings. The molecule has 1 atom stereocenters. The molecule has 0 spiro atoms. The fraction of sp³-hybridized carbons (Fsp3) is 0.400. The summed E-state index contributed by atoms with van der Waals surface area (Å²) in [7, 11) is 1.95. The maximum absolute atomic E-state index is 5.37. The molecule has 1 N–H and O–H groups in total. The molecule has 3 aromatic rings. The van der Waals surface area contributed by atoms with Crippen molar-refractivity contribution in [3.05, 3.63) is 29.6 Å². The molecule has 5 nitrogen and oxygen atoms in total. The van der Waals surface area contributed by atoms with E-state index in [1.54, 1.807) is 17.5 Å². The summed E-state index contributed by atoms with van der Waals surface area (Å²) in [4.78, 5) is 8.90. The van der Waals surface area contributed by atoms with Crippen LogP contribution in [0, 0.1) is 5.92 Å². The normalized spacial score (nSPS) is 13.1. The highest BCUT2D eigenvalue weighted by Crippen LogP contribution is 2.24. The molecule has 3 heterocycles. The Hall–Kier alpha value is -1.79. The standard InChI is InChI=1S/C15H18N4OS/c1-9(2)12(16-3)7-14-18-15(19-20-14)10-6-13-11(17-8-10)4-5-21-13/h4-6,8-9,12,16H,7H2,1-3H3. The maximum Gasteiger partial charge on any atom is 0.228 e. The van der Waals surface area contributed by atoms with E-state index < -0.39 is 0 Å². The number of hydrogen-bond acceptors (Lipinski definition) is 6. The first-order valence-electron chi connectivity index (χ1n) is 7.01. The number of aromatic nitrogens is 3. The molecule has 21 heavy (non-hydrogen) atoms. The summed E-state index contributed by atoms with van der Waals surface area (Å²) in [6.45, 7) is 4.35. The minimum Gasteiger partial charge on any atom is -0.339 e. The molecule has 0 amide bonds. The van der Waals surface area contributed by atoms with Crippen LogP contribution in [-0.4, -0.2) is 28.2 Å². The molecular formula is C15H18N4OS. The molecule has 3 rings (SSSR count). The van der Waals surface area contributed by atoms with Crippen molar-refractivity contribution in [1.29, 1.82) is 0 Å². The lowest BCUT2D eigenvalue weighted by atomic mass is 10.0. The van der Waals surface area contributed by atoms with E-state index in [0.29, 0.717) is 23.7 Å². The van der Waals surface area contributed by atoms with Crippen LogP contribution in [0.5, 0.6) is 0 Å². The van der Waals surface area contributed by atoms with Gasteiger partial charge >= 0.3 is 0 Å². The van der Waals surface area contributed by atoms with Crippen molar-refractivity contribution in [3.8, 4) is 11.4 Å². The molecule has 1 unspecified atom stereocenters. The first-order chi connectivity index (χ1) is 10.2. The number of fused-ring (bicyclic) bond motifs is 1. The van der Waals surface area contributed by atoms with Gasteiger partial charge in [-0.2, -0.15) is 4.98 Å². The van der Waals surface area contributed by atoms with Gasteiger partial charge in [0.2, 0.25) is 11.7 Å². The van der Waals surface area contributed by atoms with Crippen molar-refractivity contribution in [3.63, 3.8) is 0 Å². The van der Waals surface area contributed by atoms with Crippen LogP contribution in [0.4, 0.5) is 0 Å². The van der Waals surface area contributed by atoms with Gasteiger partial charge in [-0.25, -0.2) is 0 Å². The Kier molecular flexibility index (Phi) is 3.98. The second-order valence-electron chi connectivity index (χ2n) is 5.38. The quantitative estimate of drug-likeness (QED) is 0.784. The number of thiophene rings is 1. The number of hydrogen-bond donors (Lipinski definition) is 1. The summed E-state index contributed by atoms with van der Waals surface area (Å²) in [6, 6.07) is 4.39. The smallest absolute Gasteiger partial charge is 0.228 e. The number of likely N-dealkylation sites (N-methyl/N-ethyl adjacent to an activating group) is 1. The predicted molar refractivity (Wildman–Crippen MR) is 84.3 cm³/mol. The Morgan fingerprint density at radius 3 is 3.00 bits per heavy atom. The molecular weight excluding hydrogens is 284 g/mol. The molecule has 110 valence electrons. The van der Waals surface area contributed by atoms with E-state index in [0.717, 1.165) is 22.2 Å². The van der Waals surface area contributed by atoms with Gasteiger partial charge in [0.25, 0.3) is 0 Å². The first-order valence-corrected chi connectivity index (χ1v) is 7.89. The topological polar surface area (TPSA) is 63.8 Å². The Morgan fingerprint density at radius 2 is 2.24 bits per heavy atom. The van der Waals surface area contributed by atoms with Gasteiger partial charge < -0.3 is 9.84 Å². The Morgan fingerprint density at radius 1 is 1.38 bits per heavy atom. The zero-order valence-corrected chi connectivity index (χ0v) is 13.1. The van der Waals surface area contributed by atoms with E-state index in [1.807, 2.05) is 18.5 Å². The van der Waals surface area contributed by atoms with Gasteiger partial charge in [0.1, 0.15) is 0 Å². The van der Waals surface area contributed by atoms with Crippen LogP contribution < -0.4 is 5.32 Å². The fourth-order valence-corrected chi connectivity index (χ4v) is 3.06. The average Bonchev–Trinajstić information content (AvgIpc) is 3.12. The molecule has 0 radical (unpaired) electrons. The van der Waals surface area contributed by atoms with Crippen LogP contribution in [0.1, 0.15) is 19.7 Å². The molecule has 0 bridgehead atoms. The molecule has 0 aliphatic heterocycles. The summed E-state index contributed by atoms with van der Waals surface area (Å²) >= 11 is 1.66. The minimum atomic E-state index is 0.330.